The highest BCUT2D eigenvalue weighted by Crippen LogP contribution is 2.52. The van der Waals surface area contributed by atoms with E-state index in [1.807, 2.05) is 6.07 Å². The van der Waals surface area contributed by atoms with Crippen LogP contribution < -0.4 is 5.32 Å². The first-order valence-corrected chi connectivity index (χ1v) is 7.36. The Morgan fingerprint density at radius 3 is 2.80 bits per heavy atom. The summed E-state index contributed by atoms with van der Waals surface area (Å²) in [5.74, 6) is 2.94. The number of aromatic nitrogens is 3. The number of rotatable bonds is 2. The molecule has 4 nitrogen and oxygen atoms in total. The second-order valence-corrected chi connectivity index (χ2v) is 6.18. The Balaban J connectivity index is 1.63. The third-order valence-electron chi connectivity index (χ3n) is 4.88. The van der Waals surface area contributed by atoms with Crippen molar-refractivity contribution in [3.05, 3.63) is 30.6 Å². The number of benzene rings is 1. The van der Waals surface area contributed by atoms with Gasteiger partial charge in [-0.05, 0) is 37.2 Å². The number of hydrogen-bond acceptors (Lipinski definition) is 3. The lowest BCUT2D eigenvalue weighted by Crippen LogP contribution is -2.18. The molecule has 0 radical (unpaired) electrons. The molecule has 0 saturated heterocycles. The molecule has 0 amide bonds. The van der Waals surface area contributed by atoms with Gasteiger partial charge < -0.3 is 10.3 Å². The predicted octanol–water partition coefficient (Wildman–Crippen LogP) is 3.32. The number of H-pyrrole nitrogens is 1. The number of hydrogen-bond donors (Lipinski definition) is 2. The summed E-state index contributed by atoms with van der Waals surface area (Å²) in [4.78, 5) is 12.2. The van der Waals surface area contributed by atoms with Gasteiger partial charge in [0.1, 0.15) is 17.8 Å². The Kier molecular flexibility index (Phi) is 1.98. The van der Waals surface area contributed by atoms with Gasteiger partial charge in [-0.3, -0.25) is 0 Å². The summed E-state index contributed by atoms with van der Waals surface area (Å²) in [7, 11) is 0. The number of fused-ring (bicyclic) bond motifs is 4. The molecule has 1 aromatic carbocycles. The minimum Gasteiger partial charge on any atom is -0.367 e. The van der Waals surface area contributed by atoms with E-state index in [4.69, 9.17) is 0 Å². The van der Waals surface area contributed by atoms with E-state index < -0.39 is 0 Å². The second kappa shape index (κ2) is 3.72. The molecule has 100 valence electrons. The Hall–Kier alpha value is -2.10. The van der Waals surface area contributed by atoms with Gasteiger partial charge in [-0.15, -0.1) is 0 Å². The minimum atomic E-state index is 0.588. The Morgan fingerprint density at radius 2 is 1.90 bits per heavy atom. The van der Waals surface area contributed by atoms with Crippen LogP contribution >= 0.6 is 0 Å². The lowest BCUT2D eigenvalue weighted by atomic mass is 10.1. The van der Waals surface area contributed by atoms with Gasteiger partial charge in [0.15, 0.2) is 0 Å². The molecule has 20 heavy (non-hydrogen) atoms. The molecule has 2 fully saturated rings. The number of aromatic amines is 1. The van der Waals surface area contributed by atoms with Crippen LogP contribution in [0.5, 0.6) is 0 Å². The molecule has 2 unspecified atom stereocenters. The smallest absolute Gasteiger partial charge is 0.143 e. The van der Waals surface area contributed by atoms with Crippen LogP contribution in [0.3, 0.4) is 0 Å². The van der Waals surface area contributed by atoms with Crippen molar-refractivity contribution in [2.24, 2.45) is 11.8 Å². The molecule has 2 N–H and O–H groups in total. The Morgan fingerprint density at radius 1 is 1.05 bits per heavy atom. The quantitative estimate of drug-likeness (QED) is 0.746. The van der Waals surface area contributed by atoms with Gasteiger partial charge in [0, 0.05) is 16.9 Å². The van der Waals surface area contributed by atoms with Gasteiger partial charge in [0.25, 0.3) is 0 Å². The zero-order valence-electron chi connectivity index (χ0n) is 11.1. The van der Waals surface area contributed by atoms with Crippen molar-refractivity contribution >= 4 is 27.8 Å². The van der Waals surface area contributed by atoms with Crippen LogP contribution in [0.4, 0.5) is 5.82 Å². The number of para-hydroxylation sites is 1. The molecule has 4 heteroatoms. The van der Waals surface area contributed by atoms with E-state index in [9.17, 15) is 0 Å². The third kappa shape index (κ3) is 1.48. The average molecular weight is 264 g/mol. The molecular formula is C16H16N4. The van der Waals surface area contributed by atoms with Crippen LogP contribution in [0.25, 0.3) is 21.9 Å². The van der Waals surface area contributed by atoms with E-state index in [0.717, 1.165) is 34.2 Å². The van der Waals surface area contributed by atoms with Crippen molar-refractivity contribution in [2.75, 3.05) is 5.32 Å². The van der Waals surface area contributed by atoms with Gasteiger partial charge >= 0.3 is 0 Å². The molecule has 5 rings (SSSR count). The van der Waals surface area contributed by atoms with E-state index >= 15 is 0 Å². The fraction of sp³-hybridized carbons (Fsp3) is 0.375. The summed E-state index contributed by atoms with van der Waals surface area (Å²) in [6.07, 6.45) is 5.71. The zero-order valence-corrected chi connectivity index (χ0v) is 11.1. The molecule has 0 bridgehead atoms. The number of nitrogens with one attached hydrogen (secondary N) is 2. The van der Waals surface area contributed by atoms with Gasteiger partial charge in [0.2, 0.25) is 0 Å². The summed E-state index contributed by atoms with van der Waals surface area (Å²) in [5, 5.41) is 5.98. The normalized spacial score (nSPS) is 27.9. The monoisotopic (exact) mass is 264 g/mol. The molecular weight excluding hydrogens is 248 g/mol. The standard InChI is InChI=1S/C16H16N4/c1-2-4-13-12(3-1)14-15(17-8-18-16(14)20-13)19-11-6-9-5-10(9)7-11/h1-4,8-11H,5-7H2,(H2,17,18,19,20). The van der Waals surface area contributed by atoms with E-state index in [2.05, 4.69) is 38.5 Å². The third-order valence-corrected chi connectivity index (χ3v) is 4.88. The maximum absolute atomic E-state index is 4.49. The predicted molar refractivity (Wildman–Crippen MR) is 79.6 cm³/mol. The molecule has 2 atom stereocenters. The Labute approximate surface area is 116 Å². The Bertz CT molecular complexity index is 796. The molecule has 2 aliphatic rings. The maximum Gasteiger partial charge on any atom is 0.143 e. The largest absolute Gasteiger partial charge is 0.367 e. The SMILES string of the molecule is c1ccc2c(c1)[nH]c1ncnc(NC3CC4CC4C3)c12. The van der Waals surface area contributed by atoms with Crippen LogP contribution in [0, 0.1) is 11.8 Å². The van der Waals surface area contributed by atoms with Crippen LogP contribution in [0.1, 0.15) is 19.3 Å². The van der Waals surface area contributed by atoms with Crippen LogP contribution in [-0.4, -0.2) is 21.0 Å². The molecule has 2 aliphatic carbocycles. The molecule has 2 aromatic heterocycles. The summed E-state index contributed by atoms with van der Waals surface area (Å²) >= 11 is 0. The summed E-state index contributed by atoms with van der Waals surface area (Å²) in [5.41, 5.74) is 2.05. The molecule has 3 aromatic rings. The van der Waals surface area contributed by atoms with E-state index in [1.165, 1.54) is 24.6 Å². The van der Waals surface area contributed by atoms with E-state index in [0.29, 0.717) is 6.04 Å². The highest BCUT2D eigenvalue weighted by Gasteiger charge is 2.45. The summed E-state index contributed by atoms with van der Waals surface area (Å²) < 4.78 is 0. The van der Waals surface area contributed by atoms with Gasteiger partial charge in [0.05, 0.1) is 5.39 Å². The number of nitrogens with zero attached hydrogens (tertiary/aromatic N) is 2. The van der Waals surface area contributed by atoms with E-state index in [-0.39, 0.29) is 0 Å². The first-order chi connectivity index (χ1) is 9.88. The molecule has 0 aliphatic heterocycles. The molecule has 0 spiro atoms. The highest BCUT2D eigenvalue weighted by molar-refractivity contribution is 6.10. The van der Waals surface area contributed by atoms with Crippen molar-refractivity contribution in [1.29, 1.82) is 0 Å². The van der Waals surface area contributed by atoms with Crippen molar-refractivity contribution in [3.8, 4) is 0 Å². The average Bonchev–Trinajstić information content (AvgIpc) is 2.93. The summed E-state index contributed by atoms with van der Waals surface area (Å²) in [6.45, 7) is 0. The van der Waals surface area contributed by atoms with Crippen molar-refractivity contribution in [3.63, 3.8) is 0 Å². The van der Waals surface area contributed by atoms with Gasteiger partial charge in [-0.1, -0.05) is 18.2 Å². The lowest BCUT2D eigenvalue weighted by molar-refractivity contribution is 0.649. The van der Waals surface area contributed by atoms with Crippen LogP contribution in [-0.2, 0) is 0 Å². The maximum atomic E-state index is 4.49. The highest BCUT2D eigenvalue weighted by atomic mass is 15.1. The van der Waals surface area contributed by atoms with Crippen LogP contribution in [0.2, 0.25) is 0 Å². The van der Waals surface area contributed by atoms with Crippen molar-refractivity contribution < 1.29 is 0 Å². The first kappa shape index (κ1) is 10.7. The molecule has 2 saturated carbocycles. The van der Waals surface area contributed by atoms with Crippen LogP contribution in [0.15, 0.2) is 30.6 Å². The number of anilines is 1. The topological polar surface area (TPSA) is 53.6 Å². The minimum absolute atomic E-state index is 0.588. The van der Waals surface area contributed by atoms with Gasteiger partial charge in [-0.2, -0.15) is 0 Å². The van der Waals surface area contributed by atoms with Gasteiger partial charge in [-0.25, -0.2) is 9.97 Å². The second-order valence-electron chi connectivity index (χ2n) is 6.18. The lowest BCUT2D eigenvalue weighted by Gasteiger charge is -2.15. The first-order valence-electron chi connectivity index (χ1n) is 7.36. The van der Waals surface area contributed by atoms with Crippen molar-refractivity contribution in [2.45, 2.75) is 25.3 Å². The fourth-order valence-corrected chi connectivity index (χ4v) is 3.81. The summed E-state index contributed by atoms with van der Waals surface area (Å²) in [6, 6.07) is 8.92. The van der Waals surface area contributed by atoms with Crippen molar-refractivity contribution in [1.82, 2.24) is 15.0 Å². The fourth-order valence-electron chi connectivity index (χ4n) is 3.81. The van der Waals surface area contributed by atoms with E-state index in [1.54, 1.807) is 6.33 Å². The zero-order chi connectivity index (χ0) is 13.1. The molecule has 2 heterocycles.